The minimum atomic E-state index is -2.59. The number of aliphatic hydroxyl groups is 3. The van der Waals surface area contributed by atoms with Crippen LogP contribution in [0.4, 0.5) is 0 Å². The van der Waals surface area contributed by atoms with Crippen LogP contribution in [0.25, 0.3) is 5.76 Å². The summed E-state index contributed by atoms with van der Waals surface area (Å²) in [4.78, 5) is 40.6. The normalized spacial score (nSPS) is 30.1. The molecule has 4 atom stereocenters. The number of fused-ring (bicyclic) bond motifs is 3. The summed E-state index contributed by atoms with van der Waals surface area (Å²) in [6.45, 7) is 14.5. The van der Waals surface area contributed by atoms with Crippen molar-refractivity contribution in [3.63, 3.8) is 0 Å². The van der Waals surface area contributed by atoms with E-state index in [1.54, 1.807) is 20.8 Å². The third kappa shape index (κ3) is 3.99. The number of hydrogen-bond donors (Lipinski definition) is 4. The predicted molar refractivity (Wildman–Crippen MR) is 153 cm³/mol. The second kappa shape index (κ2) is 9.86. The molecule has 1 unspecified atom stereocenters. The molecule has 4 N–H and O–H groups in total. The zero-order valence-corrected chi connectivity index (χ0v) is 25.1. The Labute approximate surface area is 237 Å². The number of rotatable bonds is 7. The molecule has 4 rings (SSSR count). The van der Waals surface area contributed by atoms with Crippen LogP contribution in [0.5, 0.6) is 5.75 Å². The van der Waals surface area contributed by atoms with E-state index in [1.807, 2.05) is 19.9 Å². The molecule has 218 valence electrons. The van der Waals surface area contributed by atoms with E-state index in [-0.39, 0.29) is 29.2 Å². The van der Waals surface area contributed by atoms with Crippen LogP contribution in [-0.2, 0) is 33.6 Å². The maximum atomic E-state index is 14.4. The molecule has 1 aromatic carbocycles. The Hall–Kier alpha value is -2.93. The molecule has 0 spiro atoms. The van der Waals surface area contributed by atoms with Crippen molar-refractivity contribution in [3.8, 4) is 5.75 Å². The van der Waals surface area contributed by atoms with Crippen molar-refractivity contribution >= 4 is 23.1 Å². The Balaban J connectivity index is 2.00. The fourth-order valence-electron chi connectivity index (χ4n) is 8.13. The summed E-state index contributed by atoms with van der Waals surface area (Å²) in [5.41, 5.74) is -3.04. The van der Waals surface area contributed by atoms with Gasteiger partial charge in [-0.15, -0.1) is 0 Å². The number of benzene rings is 1. The molecule has 40 heavy (non-hydrogen) atoms. The first kappa shape index (κ1) is 30.0. The number of aromatic hydroxyl groups is 1. The third-order valence-corrected chi connectivity index (χ3v) is 9.78. The number of aliphatic hydroxyl groups excluding tert-OH is 2. The number of phenolic OH excluding ortho intramolecular Hbond substituents is 1. The zero-order valence-electron chi connectivity index (χ0n) is 25.1. The van der Waals surface area contributed by atoms with E-state index in [4.69, 9.17) is 0 Å². The van der Waals surface area contributed by atoms with Crippen LogP contribution in [0.1, 0.15) is 96.9 Å². The number of aryl methyl sites for hydroxylation is 2. The number of allylic oxidation sites excluding steroid dienone is 1. The molecule has 3 aliphatic carbocycles. The van der Waals surface area contributed by atoms with Crippen LogP contribution in [0.15, 0.2) is 23.0 Å². The molecule has 0 radical (unpaired) electrons. The standard InChI is InChI=1S/C33H44O7/c1-9-19-13-20(12-10-11-16(2)3)26(35)23-21(19)14-31(7)15-32(8)24(17(4)5)27(36)22(18(6)34)29(38)33(32,40)30(39)25(31)28(23)37/h13,16-17,24,35,37-38,40H,9-12,14-15H2,1-8H3/t24?,31-,32-,33+/m1/s1. The summed E-state index contributed by atoms with van der Waals surface area (Å²) in [6.07, 6.45) is 3.52. The highest BCUT2D eigenvalue weighted by Gasteiger charge is 2.72. The Bertz CT molecular complexity index is 1360. The fraction of sp³-hybridized carbons (Fsp3) is 0.606. The lowest BCUT2D eigenvalue weighted by molar-refractivity contribution is -0.178. The van der Waals surface area contributed by atoms with Gasteiger partial charge in [0.25, 0.3) is 0 Å². The summed E-state index contributed by atoms with van der Waals surface area (Å²) < 4.78 is 0. The molecule has 0 bridgehead atoms. The van der Waals surface area contributed by atoms with Crippen LogP contribution in [-0.4, -0.2) is 43.4 Å². The Morgan fingerprint density at radius 1 is 1.07 bits per heavy atom. The minimum absolute atomic E-state index is 0.0702. The van der Waals surface area contributed by atoms with E-state index in [9.17, 15) is 34.8 Å². The van der Waals surface area contributed by atoms with Gasteiger partial charge in [0, 0.05) is 22.3 Å². The first-order valence-corrected chi connectivity index (χ1v) is 14.5. The Morgan fingerprint density at radius 2 is 1.70 bits per heavy atom. The average molecular weight is 553 g/mol. The molecule has 7 nitrogen and oxygen atoms in total. The summed E-state index contributed by atoms with van der Waals surface area (Å²) in [7, 11) is 0. The minimum Gasteiger partial charge on any atom is -0.508 e. The molecule has 7 heteroatoms. The van der Waals surface area contributed by atoms with Gasteiger partial charge in [0.15, 0.2) is 17.2 Å². The average Bonchev–Trinajstić information content (AvgIpc) is 2.82. The number of carbonyl (C=O) groups is 3. The van der Waals surface area contributed by atoms with E-state index < -0.39 is 56.8 Å². The van der Waals surface area contributed by atoms with E-state index >= 15 is 0 Å². The van der Waals surface area contributed by atoms with E-state index in [1.165, 1.54) is 0 Å². The molecule has 0 heterocycles. The van der Waals surface area contributed by atoms with E-state index in [2.05, 4.69) is 13.8 Å². The third-order valence-electron chi connectivity index (χ3n) is 9.78. The smallest absolute Gasteiger partial charge is 0.203 e. The van der Waals surface area contributed by atoms with Gasteiger partial charge in [-0.25, -0.2) is 0 Å². The Morgan fingerprint density at radius 3 is 2.23 bits per heavy atom. The van der Waals surface area contributed by atoms with Crippen molar-refractivity contribution in [2.24, 2.45) is 28.6 Å². The summed E-state index contributed by atoms with van der Waals surface area (Å²) in [6, 6.07) is 1.99. The fourth-order valence-corrected chi connectivity index (χ4v) is 8.13. The zero-order chi connectivity index (χ0) is 30.1. The molecule has 0 aliphatic heterocycles. The topological polar surface area (TPSA) is 132 Å². The van der Waals surface area contributed by atoms with Crippen molar-refractivity contribution in [2.45, 2.75) is 99.5 Å². The van der Waals surface area contributed by atoms with Gasteiger partial charge in [-0.1, -0.05) is 61.0 Å². The molecule has 0 amide bonds. The molecule has 1 saturated carbocycles. The van der Waals surface area contributed by atoms with Gasteiger partial charge in [0.2, 0.25) is 5.78 Å². The van der Waals surface area contributed by atoms with Gasteiger partial charge in [-0.05, 0) is 67.6 Å². The number of phenols is 1. The van der Waals surface area contributed by atoms with Gasteiger partial charge >= 0.3 is 0 Å². The van der Waals surface area contributed by atoms with Gasteiger partial charge in [0.05, 0.1) is 5.56 Å². The van der Waals surface area contributed by atoms with E-state index in [0.717, 1.165) is 30.9 Å². The van der Waals surface area contributed by atoms with Gasteiger partial charge in [-0.2, -0.15) is 0 Å². The highest BCUT2D eigenvalue weighted by atomic mass is 16.3. The molecule has 0 aromatic heterocycles. The highest BCUT2D eigenvalue weighted by molar-refractivity contribution is 6.24. The van der Waals surface area contributed by atoms with Crippen LogP contribution in [0, 0.1) is 28.6 Å². The number of ketones is 3. The predicted octanol–water partition coefficient (Wildman–Crippen LogP) is 5.73. The quantitative estimate of drug-likeness (QED) is 0.318. The maximum absolute atomic E-state index is 14.4. The molecular formula is C33H44O7. The maximum Gasteiger partial charge on any atom is 0.203 e. The molecule has 1 fully saturated rings. The highest BCUT2D eigenvalue weighted by Crippen LogP contribution is 2.65. The first-order valence-electron chi connectivity index (χ1n) is 14.5. The summed E-state index contributed by atoms with van der Waals surface area (Å²) >= 11 is 0. The number of carbonyl (C=O) groups excluding carboxylic acids is 3. The van der Waals surface area contributed by atoms with Crippen molar-refractivity contribution in [2.75, 3.05) is 0 Å². The Kier molecular flexibility index (Phi) is 7.41. The van der Waals surface area contributed by atoms with Crippen molar-refractivity contribution in [1.82, 2.24) is 0 Å². The second-order valence-corrected chi connectivity index (χ2v) is 13.5. The molecule has 0 saturated heterocycles. The van der Waals surface area contributed by atoms with Crippen molar-refractivity contribution in [3.05, 3.63) is 45.2 Å². The molecule has 3 aliphatic rings. The monoisotopic (exact) mass is 552 g/mol. The van der Waals surface area contributed by atoms with Crippen LogP contribution in [0.2, 0.25) is 0 Å². The largest absolute Gasteiger partial charge is 0.508 e. The van der Waals surface area contributed by atoms with Gasteiger partial charge < -0.3 is 20.4 Å². The summed E-state index contributed by atoms with van der Waals surface area (Å²) in [5, 5.41) is 46.6. The SMILES string of the molecule is CCc1cc(CCCC(C)C)c(O)c2c1C[C@]1(C)C[C@]3(C)C(C(C)C)C(=O)C(C(C)=O)=C(O)[C@]3(O)C(=O)C1=C2O. The second-order valence-electron chi connectivity index (χ2n) is 13.5. The summed E-state index contributed by atoms with van der Waals surface area (Å²) in [5.74, 6) is -4.40. The first-order chi connectivity index (χ1) is 18.5. The van der Waals surface area contributed by atoms with Gasteiger partial charge in [-0.3, -0.25) is 14.4 Å². The van der Waals surface area contributed by atoms with Gasteiger partial charge in [0.1, 0.15) is 22.8 Å². The van der Waals surface area contributed by atoms with Crippen molar-refractivity contribution < 1.29 is 34.8 Å². The lowest BCUT2D eigenvalue weighted by atomic mass is 9.43. The van der Waals surface area contributed by atoms with Crippen LogP contribution < -0.4 is 0 Å². The molecule has 1 aromatic rings. The van der Waals surface area contributed by atoms with Crippen LogP contribution in [0.3, 0.4) is 0 Å². The van der Waals surface area contributed by atoms with E-state index in [0.29, 0.717) is 30.7 Å². The van der Waals surface area contributed by atoms with Crippen LogP contribution >= 0.6 is 0 Å². The molecular weight excluding hydrogens is 508 g/mol. The number of Topliss-reactive ketones (excluding diaryl/α,β-unsaturated/α-hetero) is 3. The lowest BCUT2D eigenvalue weighted by Gasteiger charge is -2.59. The number of hydrogen-bond acceptors (Lipinski definition) is 7. The van der Waals surface area contributed by atoms with Crippen molar-refractivity contribution in [1.29, 1.82) is 0 Å². The lowest BCUT2D eigenvalue weighted by Crippen LogP contribution is -2.69.